The first kappa shape index (κ1) is 15.2. The lowest BCUT2D eigenvalue weighted by Gasteiger charge is -2.12. The van der Waals surface area contributed by atoms with Crippen molar-refractivity contribution in [1.82, 2.24) is 5.32 Å². The number of unbranched alkanes of at least 4 members (excludes halogenated alkanes) is 2. The van der Waals surface area contributed by atoms with Crippen molar-refractivity contribution in [3.63, 3.8) is 0 Å². The Bertz CT molecular complexity index is 174. The summed E-state index contributed by atoms with van der Waals surface area (Å²) in [4.78, 5) is 11.1. The van der Waals surface area contributed by atoms with Crippen molar-refractivity contribution >= 4 is 28.5 Å². The highest BCUT2D eigenvalue weighted by Gasteiger charge is 2.09. The van der Waals surface area contributed by atoms with Gasteiger partial charge in [0.1, 0.15) is 4.11 Å². The number of hydrogen-bond donors (Lipinski definition) is 2. The molecule has 2 atom stereocenters. The molecule has 0 aliphatic heterocycles. The van der Waals surface area contributed by atoms with Gasteiger partial charge in [0.2, 0.25) is 5.91 Å². The van der Waals surface area contributed by atoms with Crippen LogP contribution in [0.1, 0.15) is 46.0 Å². The molecule has 0 aliphatic rings. The van der Waals surface area contributed by atoms with Crippen molar-refractivity contribution in [2.75, 3.05) is 6.54 Å². The van der Waals surface area contributed by atoms with Gasteiger partial charge in [-0.15, -0.1) is 0 Å². The smallest absolute Gasteiger partial charge is 0.219 e. The number of carbonyl (C=O) groups excluding carboxylic acids is 1. The van der Waals surface area contributed by atoms with Crippen LogP contribution >= 0.6 is 22.6 Å². The third kappa shape index (κ3) is 9.11. The van der Waals surface area contributed by atoms with Crippen LogP contribution in [0.3, 0.4) is 0 Å². The Morgan fingerprint density at radius 2 is 2.07 bits per heavy atom. The fourth-order valence-electron chi connectivity index (χ4n) is 1.35. The predicted molar refractivity (Wildman–Crippen MR) is 71.0 cm³/mol. The normalized spacial score (nSPS) is 14.7. The molecule has 15 heavy (non-hydrogen) atoms. The lowest BCUT2D eigenvalue weighted by Crippen LogP contribution is -2.22. The van der Waals surface area contributed by atoms with Gasteiger partial charge in [-0.05, 0) is 25.7 Å². The lowest BCUT2D eigenvalue weighted by molar-refractivity contribution is -0.121. The van der Waals surface area contributed by atoms with Gasteiger partial charge in [0.25, 0.3) is 0 Å². The molecule has 0 bridgehead atoms. The molecule has 4 heteroatoms. The fourth-order valence-corrected chi connectivity index (χ4v) is 1.71. The van der Waals surface area contributed by atoms with E-state index < -0.39 is 0 Å². The number of hydrogen-bond acceptors (Lipinski definition) is 2. The van der Waals surface area contributed by atoms with E-state index in [0.717, 1.165) is 32.2 Å². The molecule has 0 aliphatic carbocycles. The lowest BCUT2D eigenvalue weighted by atomic mass is 10.0. The topological polar surface area (TPSA) is 49.3 Å². The molecule has 0 radical (unpaired) electrons. The number of rotatable bonds is 8. The number of aliphatic hydroxyl groups is 1. The van der Waals surface area contributed by atoms with E-state index in [2.05, 4.69) is 12.2 Å². The first-order valence-corrected chi connectivity index (χ1v) is 6.91. The minimum atomic E-state index is -0.244. The van der Waals surface area contributed by atoms with Gasteiger partial charge in [-0.3, -0.25) is 4.79 Å². The van der Waals surface area contributed by atoms with Crippen LogP contribution in [-0.2, 0) is 4.79 Å². The average Bonchev–Trinajstić information content (AvgIpc) is 2.17. The zero-order valence-corrected chi connectivity index (χ0v) is 11.8. The third-order valence-corrected chi connectivity index (χ3v) is 3.63. The van der Waals surface area contributed by atoms with Gasteiger partial charge in [0.15, 0.2) is 0 Å². The molecule has 2 N–H and O–H groups in total. The Labute approximate surface area is 106 Å². The Morgan fingerprint density at radius 3 is 2.60 bits per heavy atom. The minimum Gasteiger partial charge on any atom is -0.382 e. The molecule has 0 aromatic carbocycles. The molecule has 0 aromatic rings. The summed E-state index contributed by atoms with van der Waals surface area (Å²) >= 11 is 2.04. The number of carbonyl (C=O) groups is 1. The molecular weight excluding hydrogens is 305 g/mol. The van der Waals surface area contributed by atoms with Gasteiger partial charge in [-0.25, -0.2) is 0 Å². The molecule has 0 saturated heterocycles. The largest absolute Gasteiger partial charge is 0.382 e. The number of amides is 1. The van der Waals surface area contributed by atoms with E-state index in [0.29, 0.717) is 12.3 Å². The zero-order valence-electron chi connectivity index (χ0n) is 9.63. The van der Waals surface area contributed by atoms with E-state index in [4.69, 9.17) is 0 Å². The molecule has 3 nitrogen and oxygen atoms in total. The number of nitrogens with one attached hydrogen (secondary N) is 1. The van der Waals surface area contributed by atoms with Gasteiger partial charge in [-0.2, -0.15) is 0 Å². The Balaban J connectivity index is 3.28. The van der Waals surface area contributed by atoms with E-state index in [1.54, 1.807) is 0 Å². The summed E-state index contributed by atoms with van der Waals surface area (Å²) in [5.74, 6) is 0.509. The average molecular weight is 327 g/mol. The predicted octanol–water partition coefficient (Wildman–Crippen LogP) is 2.46. The van der Waals surface area contributed by atoms with E-state index in [9.17, 15) is 9.90 Å². The summed E-state index contributed by atoms with van der Waals surface area (Å²) in [5.41, 5.74) is 0. The van der Waals surface area contributed by atoms with Gasteiger partial charge < -0.3 is 10.4 Å². The molecule has 0 rings (SSSR count). The molecule has 90 valence electrons. The molecule has 0 fully saturated rings. The van der Waals surface area contributed by atoms with Crippen molar-refractivity contribution in [3.05, 3.63) is 0 Å². The van der Waals surface area contributed by atoms with Crippen molar-refractivity contribution in [1.29, 1.82) is 0 Å². The summed E-state index contributed by atoms with van der Waals surface area (Å²) in [6.07, 6.45) is 4.80. The Kier molecular flexibility index (Phi) is 9.49. The van der Waals surface area contributed by atoms with E-state index in [-0.39, 0.29) is 10.0 Å². The van der Waals surface area contributed by atoms with Crippen LogP contribution in [0.15, 0.2) is 0 Å². The molecule has 1 amide bonds. The quantitative estimate of drug-likeness (QED) is 0.409. The summed E-state index contributed by atoms with van der Waals surface area (Å²) in [6, 6.07) is 0. The van der Waals surface area contributed by atoms with E-state index in [1.807, 2.05) is 29.5 Å². The number of aliphatic hydroxyl groups excluding tert-OH is 1. The van der Waals surface area contributed by atoms with Crippen LogP contribution in [0.2, 0.25) is 0 Å². The van der Waals surface area contributed by atoms with Crippen molar-refractivity contribution < 1.29 is 9.90 Å². The first-order valence-electron chi connectivity index (χ1n) is 5.66. The maximum atomic E-state index is 11.1. The van der Waals surface area contributed by atoms with Crippen molar-refractivity contribution in [2.24, 2.45) is 5.92 Å². The first-order chi connectivity index (χ1) is 7.07. The van der Waals surface area contributed by atoms with Gasteiger partial charge in [0, 0.05) is 13.0 Å². The van der Waals surface area contributed by atoms with Crippen LogP contribution < -0.4 is 5.32 Å². The highest BCUT2D eigenvalue weighted by molar-refractivity contribution is 14.1. The molecule has 0 heterocycles. The van der Waals surface area contributed by atoms with Gasteiger partial charge in [-0.1, -0.05) is 42.4 Å². The number of alkyl halides is 1. The van der Waals surface area contributed by atoms with E-state index in [1.165, 1.54) is 0 Å². The monoisotopic (exact) mass is 327 g/mol. The van der Waals surface area contributed by atoms with E-state index >= 15 is 0 Å². The maximum absolute atomic E-state index is 11.1. The maximum Gasteiger partial charge on any atom is 0.219 e. The zero-order chi connectivity index (χ0) is 11.7. The Hall–Kier alpha value is 0.160. The summed E-state index contributed by atoms with van der Waals surface area (Å²) in [7, 11) is 0. The van der Waals surface area contributed by atoms with Gasteiger partial charge >= 0.3 is 0 Å². The van der Waals surface area contributed by atoms with Crippen molar-refractivity contribution in [3.8, 4) is 0 Å². The number of halogens is 1. The van der Waals surface area contributed by atoms with Crippen LogP contribution in [-0.4, -0.2) is 21.7 Å². The van der Waals surface area contributed by atoms with Crippen LogP contribution in [0, 0.1) is 5.92 Å². The Morgan fingerprint density at radius 1 is 1.40 bits per heavy atom. The highest BCUT2D eigenvalue weighted by atomic mass is 127. The summed E-state index contributed by atoms with van der Waals surface area (Å²) in [5, 5.41) is 12.0. The van der Waals surface area contributed by atoms with Crippen LogP contribution in [0.25, 0.3) is 0 Å². The third-order valence-electron chi connectivity index (χ3n) is 2.41. The van der Waals surface area contributed by atoms with Gasteiger partial charge in [0.05, 0.1) is 0 Å². The van der Waals surface area contributed by atoms with Crippen molar-refractivity contribution in [2.45, 2.75) is 50.1 Å². The fraction of sp³-hybridized carbons (Fsp3) is 0.909. The minimum absolute atomic E-state index is 0.152. The molecule has 0 unspecified atom stereocenters. The molecular formula is C11H22INO2. The second-order valence-electron chi connectivity index (χ2n) is 3.90. The second-order valence-corrected chi connectivity index (χ2v) is 5.18. The molecule has 0 saturated carbocycles. The highest BCUT2D eigenvalue weighted by Crippen LogP contribution is 2.17. The SMILES string of the molecule is CCNC(=O)CCCCC[C@@H](C)[C@@H](O)I. The summed E-state index contributed by atoms with van der Waals surface area (Å²) in [6.45, 7) is 4.71. The molecule has 0 aromatic heterocycles. The standard InChI is InChI=1S/C11H22INO2/c1-3-13-10(14)8-6-4-5-7-9(2)11(12)15/h9,11,15H,3-8H2,1-2H3,(H,13,14)/t9-,11-/m1/s1. The molecule has 0 spiro atoms. The van der Waals surface area contributed by atoms with Crippen LogP contribution in [0.4, 0.5) is 0 Å². The summed E-state index contributed by atoms with van der Waals surface area (Å²) < 4.78 is -0.244. The second kappa shape index (κ2) is 9.39. The van der Waals surface area contributed by atoms with Crippen LogP contribution in [0.5, 0.6) is 0 Å².